The maximum absolute atomic E-state index is 10.4. The van der Waals surface area contributed by atoms with Gasteiger partial charge in [0.05, 0.1) is 18.5 Å². The summed E-state index contributed by atoms with van der Waals surface area (Å²) in [5, 5.41) is 16.8. The first-order valence-electron chi connectivity index (χ1n) is 3.60. The summed E-state index contributed by atoms with van der Waals surface area (Å²) < 4.78 is 4.88. The van der Waals surface area contributed by atoms with Crippen molar-refractivity contribution in [2.24, 2.45) is 5.73 Å². The van der Waals surface area contributed by atoms with E-state index in [1.165, 1.54) is 12.1 Å². The second-order valence-corrected chi connectivity index (χ2v) is 2.48. The predicted molar refractivity (Wildman–Crippen MR) is 42.8 cm³/mol. The first-order chi connectivity index (χ1) is 6.15. The van der Waals surface area contributed by atoms with Crippen LogP contribution >= 0.6 is 0 Å². The minimum atomic E-state index is -1.14. The summed E-state index contributed by atoms with van der Waals surface area (Å²) in [4.78, 5) is 10.4. The number of carbonyl (C=O) groups is 1. The summed E-state index contributed by atoms with van der Waals surface area (Å²) in [6.07, 6.45) is 0.104. The molecule has 3 N–H and O–H groups in total. The molecular formula is C8H8N2O3. The number of rotatable bonds is 3. The number of aromatic carboxylic acids is 1. The second-order valence-electron chi connectivity index (χ2n) is 2.48. The molecule has 13 heavy (non-hydrogen) atoms. The highest BCUT2D eigenvalue weighted by molar-refractivity contribution is 5.84. The van der Waals surface area contributed by atoms with Crippen LogP contribution in [0.15, 0.2) is 16.5 Å². The second kappa shape index (κ2) is 3.74. The molecule has 1 aromatic rings. The summed E-state index contributed by atoms with van der Waals surface area (Å²) in [5.41, 5.74) is 5.51. The third-order valence-corrected chi connectivity index (χ3v) is 1.51. The van der Waals surface area contributed by atoms with Gasteiger partial charge in [-0.15, -0.1) is 0 Å². The van der Waals surface area contributed by atoms with Gasteiger partial charge in [0.15, 0.2) is 0 Å². The molecule has 0 aliphatic carbocycles. The van der Waals surface area contributed by atoms with Crippen LogP contribution in [0.5, 0.6) is 0 Å². The molecule has 1 aromatic heterocycles. The number of hydrogen-bond acceptors (Lipinski definition) is 4. The van der Waals surface area contributed by atoms with E-state index in [2.05, 4.69) is 0 Å². The SMILES string of the molecule is N#CC[C@@H](N)c1ccc(C(=O)O)o1. The van der Waals surface area contributed by atoms with E-state index >= 15 is 0 Å². The molecule has 0 aromatic carbocycles. The zero-order valence-corrected chi connectivity index (χ0v) is 6.73. The van der Waals surface area contributed by atoms with Gasteiger partial charge >= 0.3 is 5.97 Å². The van der Waals surface area contributed by atoms with Crippen molar-refractivity contribution in [1.29, 1.82) is 5.26 Å². The van der Waals surface area contributed by atoms with Crippen molar-refractivity contribution >= 4 is 5.97 Å². The van der Waals surface area contributed by atoms with Crippen LogP contribution in [-0.2, 0) is 0 Å². The van der Waals surface area contributed by atoms with Crippen LogP contribution in [0, 0.1) is 11.3 Å². The predicted octanol–water partition coefficient (Wildman–Crippen LogP) is 0.891. The molecule has 0 aliphatic rings. The molecule has 1 rings (SSSR count). The fraction of sp³-hybridized carbons (Fsp3) is 0.250. The Morgan fingerprint density at radius 2 is 2.46 bits per heavy atom. The van der Waals surface area contributed by atoms with Crippen LogP contribution in [0.2, 0.25) is 0 Å². The van der Waals surface area contributed by atoms with Crippen molar-refractivity contribution in [3.8, 4) is 6.07 Å². The van der Waals surface area contributed by atoms with Gasteiger partial charge in [-0.3, -0.25) is 0 Å². The van der Waals surface area contributed by atoms with Gasteiger partial charge in [0.1, 0.15) is 5.76 Å². The maximum atomic E-state index is 10.4. The molecule has 0 bridgehead atoms. The topological polar surface area (TPSA) is 100 Å². The van der Waals surface area contributed by atoms with Crippen molar-refractivity contribution < 1.29 is 14.3 Å². The van der Waals surface area contributed by atoms with Crippen molar-refractivity contribution in [1.82, 2.24) is 0 Å². The molecule has 0 amide bonds. The van der Waals surface area contributed by atoms with E-state index in [9.17, 15) is 4.79 Å². The lowest BCUT2D eigenvalue weighted by Crippen LogP contribution is -2.07. The van der Waals surface area contributed by atoms with Crippen LogP contribution in [0.3, 0.4) is 0 Å². The highest BCUT2D eigenvalue weighted by Crippen LogP contribution is 2.16. The van der Waals surface area contributed by atoms with E-state index in [4.69, 9.17) is 20.5 Å². The Labute approximate surface area is 74.4 Å². The number of nitrogens with zero attached hydrogens (tertiary/aromatic N) is 1. The van der Waals surface area contributed by atoms with Crippen molar-refractivity contribution in [3.05, 3.63) is 23.7 Å². The number of nitriles is 1. The fourth-order valence-electron chi connectivity index (χ4n) is 0.866. The van der Waals surface area contributed by atoms with Crippen LogP contribution in [-0.4, -0.2) is 11.1 Å². The van der Waals surface area contributed by atoms with E-state index in [1.54, 1.807) is 0 Å². The first kappa shape index (κ1) is 9.29. The summed E-state index contributed by atoms with van der Waals surface area (Å²) in [6, 6.07) is 4.09. The molecular weight excluding hydrogens is 172 g/mol. The third-order valence-electron chi connectivity index (χ3n) is 1.51. The van der Waals surface area contributed by atoms with Gasteiger partial charge in [-0.1, -0.05) is 0 Å². The Bertz CT molecular complexity index is 351. The van der Waals surface area contributed by atoms with Crippen LogP contribution in [0.4, 0.5) is 0 Å². The lowest BCUT2D eigenvalue weighted by Gasteiger charge is -2.00. The average molecular weight is 180 g/mol. The monoisotopic (exact) mass is 180 g/mol. The number of carboxylic acids is 1. The molecule has 5 nitrogen and oxygen atoms in total. The Kier molecular flexibility index (Phi) is 2.67. The molecule has 0 spiro atoms. The minimum absolute atomic E-state index is 0.104. The number of carboxylic acid groups (broad SMARTS) is 1. The van der Waals surface area contributed by atoms with E-state index in [0.717, 1.165) is 0 Å². The molecule has 5 heteroatoms. The fourth-order valence-corrected chi connectivity index (χ4v) is 0.866. The van der Waals surface area contributed by atoms with Gasteiger partial charge in [-0.05, 0) is 12.1 Å². The van der Waals surface area contributed by atoms with Gasteiger partial charge in [0.2, 0.25) is 5.76 Å². The molecule has 0 radical (unpaired) electrons. The standard InChI is InChI=1S/C8H8N2O3/c9-4-3-5(10)6-1-2-7(13-6)8(11)12/h1-2,5H,3,10H2,(H,11,12)/t5-/m1/s1. The molecule has 0 saturated carbocycles. The Hall–Kier alpha value is -1.80. The highest BCUT2D eigenvalue weighted by Gasteiger charge is 2.13. The van der Waals surface area contributed by atoms with Crippen LogP contribution in [0.25, 0.3) is 0 Å². The lowest BCUT2D eigenvalue weighted by molar-refractivity contribution is 0.0660. The first-order valence-corrected chi connectivity index (χ1v) is 3.60. The molecule has 0 fully saturated rings. The summed E-state index contributed by atoms with van der Waals surface area (Å²) in [5.74, 6) is -0.988. The molecule has 0 saturated heterocycles. The quantitative estimate of drug-likeness (QED) is 0.719. The molecule has 0 aliphatic heterocycles. The highest BCUT2D eigenvalue weighted by atomic mass is 16.4. The van der Waals surface area contributed by atoms with Crippen LogP contribution in [0.1, 0.15) is 28.8 Å². The zero-order chi connectivity index (χ0) is 9.84. The number of nitrogens with two attached hydrogens (primary N) is 1. The number of furan rings is 1. The largest absolute Gasteiger partial charge is 0.475 e. The van der Waals surface area contributed by atoms with Crippen LogP contribution < -0.4 is 5.73 Å². The zero-order valence-electron chi connectivity index (χ0n) is 6.73. The van der Waals surface area contributed by atoms with Crippen molar-refractivity contribution in [2.45, 2.75) is 12.5 Å². The molecule has 1 heterocycles. The molecule has 0 unspecified atom stereocenters. The maximum Gasteiger partial charge on any atom is 0.371 e. The van der Waals surface area contributed by atoms with E-state index in [0.29, 0.717) is 5.76 Å². The van der Waals surface area contributed by atoms with Gasteiger partial charge in [0, 0.05) is 0 Å². The van der Waals surface area contributed by atoms with Gasteiger partial charge < -0.3 is 15.3 Å². The Morgan fingerprint density at radius 1 is 1.77 bits per heavy atom. The van der Waals surface area contributed by atoms with E-state index in [-0.39, 0.29) is 12.2 Å². The minimum Gasteiger partial charge on any atom is -0.475 e. The average Bonchev–Trinajstić information content (AvgIpc) is 2.52. The number of hydrogen-bond donors (Lipinski definition) is 2. The molecule has 68 valence electrons. The summed E-state index contributed by atoms with van der Waals surface area (Å²) in [7, 11) is 0. The van der Waals surface area contributed by atoms with E-state index in [1.807, 2.05) is 6.07 Å². The van der Waals surface area contributed by atoms with Gasteiger partial charge in [0.25, 0.3) is 0 Å². The Balaban J connectivity index is 2.80. The van der Waals surface area contributed by atoms with E-state index < -0.39 is 12.0 Å². The van der Waals surface area contributed by atoms with Crippen molar-refractivity contribution in [3.63, 3.8) is 0 Å². The smallest absolute Gasteiger partial charge is 0.371 e. The molecule has 1 atom stereocenters. The van der Waals surface area contributed by atoms with Crippen molar-refractivity contribution in [2.75, 3.05) is 0 Å². The van der Waals surface area contributed by atoms with Gasteiger partial charge in [-0.25, -0.2) is 4.79 Å². The van der Waals surface area contributed by atoms with Gasteiger partial charge in [-0.2, -0.15) is 5.26 Å². The lowest BCUT2D eigenvalue weighted by atomic mass is 10.2. The third kappa shape index (κ3) is 2.07. The summed E-state index contributed by atoms with van der Waals surface area (Å²) in [6.45, 7) is 0. The summed E-state index contributed by atoms with van der Waals surface area (Å²) >= 11 is 0. The Morgan fingerprint density at radius 3 is 2.92 bits per heavy atom. The normalized spacial score (nSPS) is 12.0.